The van der Waals surface area contributed by atoms with Gasteiger partial charge in [-0.05, 0) is 24.3 Å². The molecule has 100 valence electrons. The zero-order valence-corrected chi connectivity index (χ0v) is 12.3. The third-order valence-electron chi connectivity index (χ3n) is 3.63. The minimum absolute atomic E-state index is 0.184. The Hall–Kier alpha value is -0.870. The lowest BCUT2D eigenvalue weighted by Gasteiger charge is -2.30. The lowest BCUT2D eigenvalue weighted by atomic mass is 10.0. The Kier molecular flexibility index (Phi) is 4.40. The predicted molar refractivity (Wildman–Crippen MR) is 75.0 cm³/mol. The molecule has 2 rings (SSSR count). The summed E-state index contributed by atoms with van der Waals surface area (Å²) in [5.74, 6) is 0.704. The summed E-state index contributed by atoms with van der Waals surface area (Å²) in [5, 5.41) is 5.18. The monoisotopic (exact) mass is 267 g/mol. The van der Waals surface area contributed by atoms with Gasteiger partial charge in [0.25, 0.3) is 5.91 Å². The molecule has 0 radical (unpaired) electrons. The van der Waals surface area contributed by atoms with E-state index in [4.69, 9.17) is 0 Å². The second-order valence-electron chi connectivity index (χ2n) is 5.55. The summed E-state index contributed by atoms with van der Waals surface area (Å²) in [4.78, 5) is 14.8. The van der Waals surface area contributed by atoms with Crippen LogP contribution in [0.1, 0.15) is 37.3 Å². The first-order valence-electron chi connectivity index (χ1n) is 6.75. The van der Waals surface area contributed by atoms with Crippen molar-refractivity contribution in [3.05, 3.63) is 21.9 Å². The normalized spacial score (nSPS) is 22.9. The lowest BCUT2D eigenvalue weighted by molar-refractivity contribution is -0.924. The van der Waals surface area contributed by atoms with Crippen LogP contribution in [0, 0.1) is 5.92 Å². The lowest BCUT2D eigenvalue weighted by Crippen LogP contribution is -3.14. The van der Waals surface area contributed by atoms with Crippen molar-refractivity contribution < 1.29 is 9.69 Å². The van der Waals surface area contributed by atoms with Crippen LogP contribution in [-0.4, -0.2) is 25.5 Å². The van der Waals surface area contributed by atoms with Gasteiger partial charge in [-0.2, -0.15) is 0 Å². The molecule has 2 N–H and O–H groups in total. The number of carbonyl (C=O) groups excluding carboxylic acids is 1. The minimum atomic E-state index is 0.184. The van der Waals surface area contributed by atoms with Crippen LogP contribution in [0.25, 0.3) is 0 Å². The summed E-state index contributed by atoms with van der Waals surface area (Å²) >= 11 is 1.85. The van der Waals surface area contributed by atoms with Gasteiger partial charge in [0.15, 0.2) is 6.54 Å². The molecule has 1 aromatic heterocycles. The number of hydrogen-bond acceptors (Lipinski definition) is 2. The highest BCUT2D eigenvalue weighted by Crippen LogP contribution is 2.24. The van der Waals surface area contributed by atoms with E-state index >= 15 is 0 Å². The average Bonchev–Trinajstić information content (AvgIpc) is 2.79. The van der Waals surface area contributed by atoms with Crippen LogP contribution >= 0.6 is 11.3 Å². The molecule has 1 aromatic rings. The Morgan fingerprint density at radius 2 is 2.39 bits per heavy atom. The number of quaternary nitrogens is 1. The van der Waals surface area contributed by atoms with Crippen molar-refractivity contribution >= 4 is 17.2 Å². The maximum Gasteiger partial charge on any atom is 0.275 e. The number of hydrogen-bond donors (Lipinski definition) is 2. The summed E-state index contributed by atoms with van der Waals surface area (Å²) in [7, 11) is 0. The summed E-state index contributed by atoms with van der Waals surface area (Å²) in [6.45, 7) is 8.93. The molecule has 2 atom stereocenters. The molecule has 0 spiro atoms. The van der Waals surface area contributed by atoms with Crippen LogP contribution in [0.15, 0.2) is 11.4 Å². The van der Waals surface area contributed by atoms with Crippen molar-refractivity contribution in [1.82, 2.24) is 5.32 Å². The van der Waals surface area contributed by atoms with Crippen LogP contribution in [0.4, 0.5) is 0 Å². The number of carbonyl (C=O) groups is 1. The van der Waals surface area contributed by atoms with Crippen molar-refractivity contribution in [2.75, 3.05) is 19.6 Å². The molecule has 1 unspecified atom stereocenters. The SMILES string of the molecule is CC(C)CNC(=O)C[NH+]1CCc2sccc2[C@@H]1C. The fraction of sp³-hybridized carbons (Fsp3) is 0.643. The Balaban J connectivity index is 1.90. The summed E-state index contributed by atoms with van der Waals surface area (Å²) in [6, 6.07) is 2.67. The predicted octanol–water partition coefficient (Wildman–Crippen LogP) is 1.02. The Morgan fingerprint density at radius 3 is 3.11 bits per heavy atom. The van der Waals surface area contributed by atoms with E-state index in [0.717, 1.165) is 19.5 Å². The van der Waals surface area contributed by atoms with E-state index in [9.17, 15) is 4.79 Å². The molecule has 0 aliphatic carbocycles. The van der Waals surface area contributed by atoms with Crippen molar-refractivity contribution in [2.45, 2.75) is 33.2 Å². The molecule has 4 heteroatoms. The van der Waals surface area contributed by atoms with E-state index in [1.807, 2.05) is 11.3 Å². The first kappa shape index (κ1) is 13.6. The van der Waals surface area contributed by atoms with Gasteiger partial charge < -0.3 is 10.2 Å². The molecule has 0 bridgehead atoms. The molecular weight excluding hydrogens is 244 g/mol. The number of rotatable bonds is 4. The maximum atomic E-state index is 11.9. The Labute approximate surface area is 113 Å². The van der Waals surface area contributed by atoms with E-state index in [-0.39, 0.29) is 5.91 Å². The van der Waals surface area contributed by atoms with Gasteiger partial charge in [-0.1, -0.05) is 13.8 Å². The first-order valence-corrected chi connectivity index (χ1v) is 7.63. The Bertz CT molecular complexity index is 414. The van der Waals surface area contributed by atoms with Gasteiger partial charge in [-0.25, -0.2) is 0 Å². The largest absolute Gasteiger partial charge is 0.351 e. The summed E-state index contributed by atoms with van der Waals surface area (Å²) < 4.78 is 0. The molecule has 2 heterocycles. The highest BCUT2D eigenvalue weighted by atomic mass is 32.1. The smallest absolute Gasteiger partial charge is 0.275 e. The summed E-state index contributed by atoms with van der Waals surface area (Å²) in [6.07, 6.45) is 1.12. The van der Waals surface area contributed by atoms with Crippen LogP contribution in [0.3, 0.4) is 0 Å². The Morgan fingerprint density at radius 1 is 1.61 bits per heavy atom. The van der Waals surface area contributed by atoms with E-state index in [1.165, 1.54) is 15.3 Å². The minimum Gasteiger partial charge on any atom is -0.351 e. The first-order chi connectivity index (χ1) is 8.58. The quantitative estimate of drug-likeness (QED) is 0.839. The van der Waals surface area contributed by atoms with Gasteiger partial charge in [0.2, 0.25) is 0 Å². The van der Waals surface area contributed by atoms with E-state index < -0.39 is 0 Å². The standard InChI is InChI=1S/C14H22N2OS/c1-10(2)8-15-14(17)9-16-6-4-13-12(11(16)3)5-7-18-13/h5,7,10-11H,4,6,8-9H2,1-3H3,(H,15,17)/p+1/t11-/m0/s1. The van der Waals surface area contributed by atoms with Gasteiger partial charge >= 0.3 is 0 Å². The topological polar surface area (TPSA) is 33.5 Å². The van der Waals surface area contributed by atoms with Crippen LogP contribution < -0.4 is 10.2 Å². The highest BCUT2D eigenvalue weighted by Gasteiger charge is 2.29. The van der Waals surface area contributed by atoms with Crippen molar-refractivity contribution in [1.29, 1.82) is 0 Å². The third kappa shape index (κ3) is 3.12. The van der Waals surface area contributed by atoms with Gasteiger partial charge in [-0.3, -0.25) is 4.79 Å². The molecule has 0 aromatic carbocycles. The van der Waals surface area contributed by atoms with Crippen molar-refractivity contribution in [3.63, 3.8) is 0 Å². The molecule has 1 aliphatic rings. The van der Waals surface area contributed by atoms with Gasteiger partial charge in [-0.15, -0.1) is 11.3 Å². The molecule has 18 heavy (non-hydrogen) atoms. The molecule has 1 amide bonds. The molecule has 0 fully saturated rings. The molecular formula is C14H23N2OS+. The van der Waals surface area contributed by atoms with Gasteiger partial charge in [0.05, 0.1) is 6.54 Å². The fourth-order valence-corrected chi connectivity index (χ4v) is 3.46. The zero-order chi connectivity index (χ0) is 13.1. The average molecular weight is 267 g/mol. The number of thiophene rings is 1. The van der Waals surface area contributed by atoms with Crippen molar-refractivity contribution in [3.8, 4) is 0 Å². The number of nitrogens with one attached hydrogen (secondary N) is 2. The third-order valence-corrected chi connectivity index (χ3v) is 4.62. The fourth-order valence-electron chi connectivity index (χ4n) is 2.48. The molecule has 1 aliphatic heterocycles. The van der Waals surface area contributed by atoms with E-state index in [1.54, 1.807) is 0 Å². The summed E-state index contributed by atoms with van der Waals surface area (Å²) in [5.41, 5.74) is 1.44. The molecule has 0 saturated carbocycles. The van der Waals surface area contributed by atoms with Crippen LogP contribution in [0.5, 0.6) is 0 Å². The second kappa shape index (κ2) is 5.85. The number of amides is 1. The maximum absolute atomic E-state index is 11.9. The molecule has 3 nitrogen and oxygen atoms in total. The highest BCUT2D eigenvalue weighted by molar-refractivity contribution is 7.10. The number of fused-ring (bicyclic) bond motifs is 1. The van der Waals surface area contributed by atoms with Crippen LogP contribution in [-0.2, 0) is 11.2 Å². The van der Waals surface area contributed by atoms with E-state index in [0.29, 0.717) is 18.5 Å². The van der Waals surface area contributed by atoms with Gasteiger partial charge in [0, 0.05) is 23.4 Å². The van der Waals surface area contributed by atoms with Crippen LogP contribution in [0.2, 0.25) is 0 Å². The van der Waals surface area contributed by atoms with Gasteiger partial charge in [0.1, 0.15) is 6.04 Å². The second-order valence-corrected chi connectivity index (χ2v) is 6.55. The molecule has 0 saturated heterocycles. The van der Waals surface area contributed by atoms with E-state index in [2.05, 4.69) is 37.5 Å². The van der Waals surface area contributed by atoms with Crippen molar-refractivity contribution in [2.24, 2.45) is 5.92 Å². The zero-order valence-electron chi connectivity index (χ0n) is 11.5.